The molecule has 0 aliphatic rings. The summed E-state index contributed by atoms with van der Waals surface area (Å²) < 4.78 is 7.87. The number of carbonyl (C=O) groups excluding carboxylic acids is 1. The Hall–Kier alpha value is -3.26. The molecular weight excluding hydrogens is 422 g/mol. The van der Waals surface area contributed by atoms with Gasteiger partial charge in [-0.2, -0.15) is 10.1 Å². The van der Waals surface area contributed by atoms with Crippen molar-refractivity contribution in [1.82, 2.24) is 25.2 Å². The molecule has 8 heteroatoms. The van der Waals surface area contributed by atoms with E-state index in [1.54, 1.807) is 4.68 Å². The van der Waals surface area contributed by atoms with Crippen LogP contribution in [0.15, 0.2) is 69.8 Å². The summed E-state index contributed by atoms with van der Waals surface area (Å²) in [6, 6.07) is 17.4. The first-order valence-electron chi connectivity index (χ1n) is 8.58. The van der Waals surface area contributed by atoms with Crippen molar-refractivity contribution >= 4 is 21.8 Å². The van der Waals surface area contributed by atoms with E-state index in [0.29, 0.717) is 17.9 Å². The molecule has 0 aliphatic carbocycles. The largest absolute Gasteiger partial charge is 0.344 e. The van der Waals surface area contributed by atoms with Crippen LogP contribution in [0, 0.1) is 6.92 Å². The number of amides is 1. The van der Waals surface area contributed by atoms with Crippen molar-refractivity contribution in [1.29, 1.82) is 0 Å². The van der Waals surface area contributed by atoms with Crippen molar-refractivity contribution in [3.8, 4) is 17.1 Å². The summed E-state index contributed by atoms with van der Waals surface area (Å²) in [6.07, 6.45) is 1.82. The van der Waals surface area contributed by atoms with Gasteiger partial charge in [-0.3, -0.25) is 4.79 Å². The van der Waals surface area contributed by atoms with Gasteiger partial charge in [0.05, 0.1) is 16.9 Å². The van der Waals surface area contributed by atoms with Crippen molar-refractivity contribution in [3.05, 3.63) is 82.4 Å². The number of nitrogens with one attached hydrogen (secondary N) is 1. The molecule has 4 aromatic rings. The van der Waals surface area contributed by atoms with Crippen LogP contribution in [-0.4, -0.2) is 25.8 Å². The highest BCUT2D eigenvalue weighted by Crippen LogP contribution is 2.21. The molecule has 28 heavy (non-hydrogen) atoms. The molecule has 0 unspecified atom stereocenters. The number of hydrogen-bond acceptors (Lipinski definition) is 5. The molecule has 0 fully saturated rings. The number of aromatic nitrogens is 4. The van der Waals surface area contributed by atoms with Crippen molar-refractivity contribution in [2.75, 3.05) is 0 Å². The van der Waals surface area contributed by atoms with Crippen LogP contribution in [0.5, 0.6) is 0 Å². The van der Waals surface area contributed by atoms with Crippen LogP contribution < -0.4 is 5.32 Å². The number of rotatable bonds is 5. The first kappa shape index (κ1) is 18.1. The Morgan fingerprint density at radius 2 is 1.89 bits per heavy atom. The van der Waals surface area contributed by atoms with Crippen LogP contribution in [0.2, 0.25) is 0 Å². The van der Waals surface area contributed by atoms with E-state index in [2.05, 4.69) is 36.5 Å². The van der Waals surface area contributed by atoms with E-state index in [-0.39, 0.29) is 5.89 Å². The SMILES string of the molecule is Cc1nn(-c2ccccc2)cc1-c1noc(C(=O)NCc2ccc(Br)cc2)n1. The number of halogens is 1. The second kappa shape index (κ2) is 7.77. The number of para-hydroxylation sites is 1. The normalized spacial score (nSPS) is 10.8. The lowest BCUT2D eigenvalue weighted by Crippen LogP contribution is -2.23. The van der Waals surface area contributed by atoms with Crippen LogP contribution in [0.4, 0.5) is 0 Å². The van der Waals surface area contributed by atoms with Crippen LogP contribution in [0.25, 0.3) is 17.1 Å². The maximum atomic E-state index is 12.3. The van der Waals surface area contributed by atoms with E-state index in [1.165, 1.54) is 0 Å². The third-order valence-corrected chi connectivity index (χ3v) is 4.68. The molecule has 0 saturated carbocycles. The Kier molecular flexibility index (Phi) is 5.03. The maximum absolute atomic E-state index is 12.3. The van der Waals surface area contributed by atoms with E-state index < -0.39 is 5.91 Å². The molecule has 1 N–H and O–H groups in total. The fraction of sp³-hybridized carbons (Fsp3) is 0.100. The van der Waals surface area contributed by atoms with Crippen molar-refractivity contribution in [3.63, 3.8) is 0 Å². The lowest BCUT2D eigenvalue weighted by molar-refractivity contribution is 0.0907. The van der Waals surface area contributed by atoms with E-state index in [4.69, 9.17) is 4.52 Å². The highest BCUT2D eigenvalue weighted by molar-refractivity contribution is 9.10. The molecule has 7 nitrogen and oxygen atoms in total. The van der Waals surface area contributed by atoms with Crippen molar-refractivity contribution in [2.45, 2.75) is 13.5 Å². The summed E-state index contributed by atoms with van der Waals surface area (Å²) in [5.74, 6) is -0.179. The molecule has 4 rings (SSSR count). The quantitative estimate of drug-likeness (QED) is 0.511. The van der Waals surface area contributed by atoms with Crippen molar-refractivity contribution < 1.29 is 9.32 Å². The molecule has 2 aromatic carbocycles. The lowest BCUT2D eigenvalue weighted by Gasteiger charge is -2.02. The number of aryl methyl sites for hydroxylation is 1. The summed E-state index contributed by atoms with van der Waals surface area (Å²) in [5, 5.41) is 11.2. The minimum atomic E-state index is -0.422. The Labute approximate surface area is 169 Å². The van der Waals surface area contributed by atoms with Crippen LogP contribution in [-0.2, 0) is 6.54 Å². The average molecular weight is 438 g/mol. The van der Waals surface area contributed by atoms with Gasteiger partial charge >= 0.3 is 11.8 Å². The molecule has 0 aliphatic heterocycles. The van der Waals surface area contributed by atoms with Gasteiger partial charge in [-0.1, -0.05) is 51.4 Å². The summed E-state index contributed by atoms with van der Waals surface area (Å²) in [4.78, 5) is 16.5. The smallest absolute Gasteiger partial charge is 0.316 e. The fourth-order valence-electron chi connectivity index (χ4n) is 2.68. The number of carbonyl (C=O) groups is 1. The molecular formula is C20H16BrN5O2. The topological polar surface area (TPSA) is 85.8 Å². The molecule has 0 radical (unpaired) electrons. The third kappa shape index (κ3) is 3.86. The zero-order valence-electron chi connectivity index (χ0n) is 15.0. The van der Waals surface area contributed by atoms with Gasteiger partial charge < -0.3 is 9.84 Å². The molecule has 2 heterocycles. The number of benzene rings is 2. The second-order valence-electron chi connectivity index (χ2n) is 6.14. The monoisotopic (exact) mass is 437 g/mol. The zero-order chi connectivity index (χ0) is 19.5. The molecule has 2 aromatic heterocycles. The molecule has 1 amide bonds. The molecule has 0 saturated heterocycles. The van der Waals surface area contributed by atoms with Crippen molar-refractivity contribution in [2.24, 2.45) is 0 Å². The predicted octanol–water partition coefficient (Wildman–Crippen LogP) is 3.92. The van der Waals surface area contributed by atoms with E-state index >= 15 is 0 Å². The second-order valence-corrected chi connectivity index (χ2v) is 7.06. The summed E-state index contributed by atoms with van der Waals surface area (Å²) in [6.45, 7) is 2.23. The van der Waals surface area contributed by atoms with Gasteiger partial charge in [0.2, 0.25) is 5.82 Å². The van der Waals surface area contributed by atoms with E-state index in [1.807, 2.05) is 67.7 Å². The lowest BCUT2D eigenvalue weighted by atomic mass is 10.2. The van der Waals surface area contributed by atoms with E-state index in [9.17, 15) is 4.79 Å². The molecule has 0 atom stereocenters. The first-order valence-corrected chi connectivity index (χ1v) is 9.38. The maximum Gasteiger partial charge on any atom is 0.316 e. The van der Waals surface area contributed by atoms with Gasteiger partial charge in [0.15, 0.2) is 0 Å². The van der Waals surface area contributed by atoms with Crippen LogP contribution >= 0.6 is 15.9 Å². The predicted molar refractivity (Wildman–Crippen MR) is 107 cm³/mol. The summed E-state index contributed by atoms with van der Waals surface area (Å²) >= 11 is 3.38. The van der Waals surface area contributed by atoms with Crippen LogP contribution in [0.1, 0.15) is 21.9 Å². The standard InChI is InChI=1S/C20H16BrN5O2/c1-13-17(12-26(24-13)16-5-3-2-4-6-16)18-23-20(28-25-18)19(27)22-11-14-7-9-15(21)10-8-14/h2-10,12H,11H2,1H3,(H,22,27). The fourth-order valence-corrected chi connectivity index (χ4v) is 2.94. The first-order chi connectivity index (χ1) is 13.6. The highest BCUT2D eigenvalue weighted by atomic mass is 79.9. The molecule has 0 spiro atoms. The number of hydrogen-bond donors (Lipinski definition) is 1. The van der Waals surface area contributed by atoms with Gasteiger partial charge in [-0.15, -0.1) is 0 Å². The minimum absolute atomic E-state index is 0.0843. The van der Waals surface area contributed by atoms with Gasteiger partial charge in [0.25, 0.3) is 0 Å². The Balaban J connectivity index is 1.49. The van der Waals surface area contributed by atoms with Crippen LogP contribution in [0.3, 0.4) is 0 Å². The van der Waals surface area contributed by atoms with Gasteiger partial charge in [0, 0.05) is 17.2 Å². The Bertz CT molecular complexity index is 1100. The zero-order valence-corrected chi connectivity index (χ0v) is 16.5. The minimum Gasteiger partial charge on any atom is -0.344 e. The third-order valence-electron chi connectivity index (χ3n) is 4.15. The molecule has 140 valence electrons. The summed E-state index contributed by atoms with van der Waals surface area (Å²) in [7, 11) is 0. The number of nitrogens with zero attached hydrogens (tertiary/aromatic N) is 4. The summed E-state index contributed by atoms with van der Waals surface area (Å²) in [5.41, 5.74) is 3.34. The van der Waals surface area contributed by atoms with Gasteiger partial charge in [0.1, 0.15) is 0 Å². The highest BCUT2D eigenvalue weighted by Gasteiger charge is 2.19. The Morgan fingerprint density at radius 1 is 1.14 bits per heavy atom. The average Bonchev–Trinajstić information content (AvgIpc) is 3.35. The van der Waals surface area contributed by atoms with Gasteiger partial charge in [-0.25, -0.2) is 4.68 Å². The Morgan fingerprint density at radius 3 is 2.64 bits per heavy atom. The van der Waals surface area contributed by atoms with Gasteiger partial charge in [-0.05, 0) is 36.8 Å². The van der Waals surface area contributed by atoms with E-state index in [0.717, 1.165) is 21.4 Å². The molecule has 0 bridgehead atoms.